The summed E-state index contributed by atoms with van der Waals surface area (Å²) in [5, 5.41) is 23.4. The molecule has 2 N–H and O–H groups in total. The van der Waals surface area contributed by atoms with Crippen LogP contribution in [-0.4, -0.2) is 29.1 Å². The third-order valence-electron chi connectivity index (χ3n) is 4.62. The molecule has 0 amide bonds. The SMILES string of the molecule is CN(c1ccc(Nc2ccc(C(=O)O)cc2)c([N+](=O)[O-])c1)C1CCC1. The topological polar surface area (TPSA) is 95.7 Å². The molecule has 0 aliphatic heterocycles. The van der Waals surface area contributed by atoms with Gasteiger partial charge in [-0.15, -0.1) is 0 Å². The van der Waals surface area contributed by atoms with Crippen molar-refractivity contribution in [1.29, 1.82) is 0 Å². The Balaban J connectivity index is 1.85. The summed E-state index contributed by atoms with van der Waals surface area (Å²) in [4.78, 5) is 24.0. The smallest absolute Gasteiger partial charge is 0.335 e. The zero-order valence-corrected chi connectivity index (χ0v) is 13.8. The molecule has 130 valence electrons. The van der Waals surface area contributed by atoms with Gasteiger partial charge in [-0.25, -0.2) is 4.79 Å². The van der Waals surface area contributed by atoms with Crippen LogP contribution in [0.2, 0.25) is 0 Å². The predicted molar refractivity (Wildman–Crippen MR) is 95.8 cm³/mol. The second-order valence-electron chi connectivity index (χ2n) is 6.16. The van der Waals surface area contributed by atoms with Crippen LogP contribution >= 0.6 is 0 Å². The van der Waals surface area contributed by atoms with E-state index >= 15 is 0 Å². The van der Waals surface area contributed by atoms with E-state index in [0.29, 0.717) is 17.4 Å². The number of nitrogens with one attached hydrogen (secondary N) is 1. The van der Waals surface area contributed by atoms with E-state index in [1.54, 1.807) is 24.3 Å². The fourth-order valence-electron chi connectivity index (χ4n) is 2.83. The molecule has 0 atom stereocenters. The van der Waals surface area contributed by atoms with Crippen molar-refractivity contribution in [2.75, 3.05) is 17.3 Å². The van der Waals surface area contributed by atoms with Crippen LogP contribution in [0.25, 0.3) is 0 Å². The Morgan fingerprint density at radius 2 is 1.92 bits per heavy atom. The van der Waals surface area contributed by atoms with Gasteiger partial charge in [-0.05, 0) is 55.7 Å². The van der Waals surface area contributed by atoms with E-state index in [-0.39, 0.29) is 11.3 Å². The molecule has 1 saturated carbocycles. The van der Waals surface area contributed by atoms with E-state index in [1.807, 2.05) is 13.1 Å². The summed E-state index contributed by atoms with van der Waals surface area (Å²) < 4.78 is 0. The van der Waals surface area contributed by atoms with Crippen LogP contribution in [0.4, 0.5) is 22.7 Å². The van der Waals surface area contributed by atoms with E-state index in [4.69, 9.17) is 5.11 Å². The van der Waals surface area contributed by atoms with Crippen LogP contribution in [-0.2, 0) is 0 Å². The molecule has 0 radical (unpaired) electrons. The maximum absolute atomic E-state index is 11.5. The van der Waals surface area contributed by atoms with Crippen LogP contribution in [0.1, 0.15) is 29.6 Å². The van der Waals surface area contributed by atoms with Crippen molar-refractivity contribution in [3.63, 3.8) is 0 Å². The van der Waals surface area contributed by atoms with Crippen molar-refractivity contribution in [2.24, 2.45) is 0 Å². The highest BCUT2D eigenvalue weighted by Crippen LogP contribution is 2.34. The van der Waals surface area contributed by atoms with E-state index in [1.165, 1.54) is 18.6 Å². The maximum Gasteiger partial charge on any atom is 0.335 e. The first-order chi connectivity index (χ1) is 12.0. The number of carbonyl (C=O) groups is 1. The lowest BCUT2D eigenvalue weighted by atomic mass is 9.91. The molecule has 0 unspecified atom stereocenters. The van der Waals surface area contributed by atoms with Crippen molar-refractivity contribution < 1.29 is 14.8 Å². The third-order valence-corrected chi connectivity index (χ3v) is 4.62. The average molecular weight is 341 g/mol. The highest BCUT2D eigenvalue weighted by molar-refractivity contribution is 5.88. The number of nitro benzene ring substituents is 1. The molecule has 1 aliphatic rings. The van der Waals surface area contributed by atoms with Crippen LogP contribution < -0.4 is 10.2 Å². The van der Waals surface area contributed by atoms with Crippen molar-refractivity contribution >= 4 is 28.7 Å². The van der Waals surface area contributed by atoms with Gasteiger partial charge in [-0.3, -0.25) is 10.1 Å². The summed E-state index contributed by atoms with van der Waals surface area (Å²) >= 11 is 0. The molecule has 1 aliphatic carbocycles. The molecule has 3 rings (SSSR count). The Labute approximate surface area is 145 Å². The number of carboxylic acids is 1. The second kappa shape index (κ2) is 6.80. The number of rotatable bonds is 6. The van der Waals surface area contributed by atoms with Gasteiger partial charge in [0.1, 0.15) is 5.69 Å². The van der Waals surface area contributed by atoms with Gasteiger partial charge >= 0.3 is 5.97 Å². The van der Waals surface area contributed by atoms with Crippen molar-refractivity contribution in [1.82, 2.24) is 0 Å². The second-order valence-corrected chi connectivity index (χ2v) is 6.16. The molecule has 0 aromatic heterocycles. The zero-order chi connectivity index (χ0) is 18.0. The number of carboxylic acid groups (broad SMARTS) is 1. The lowest BCUT2D eigenvalue weighted by Gasteiger charge is -2.36. The van der Waals surface area contributed by atoms with Crippen molar-refractivity contribution in [2.45, 2.75) is 25.3 Å². The third kappa shape index (κ3) is 3.55. The van der Waals surface area contributed by atoms with E-state index in [9.17, 15) is 14.9 Å². The van der Waals surface area contributed by atoms with Gasteiger partial charge in [0.2, 0.25) is 0 Å². The maximum atomic E-state index is 11.5. The minimum atomic E-state index is -1.01. The monoisotopic (exact) mass is 341 g/mol. The highest BCUT2D eigenvalue weighted by atomic mass is 16.6. The van der Waals surface area contributed by atoms with Crippen LogP contribution in [0, 0.1) is 10.1 Å². The predicted octanol–water partition coefficient (Wildman–Crippen LogP) is 4.03. The van der Waals surface area contributed by atoms with Gasteiger partial charge in [0.15, 0.2) is 0 Å². The number of hydrogen-bond donors (Lipinski definition) is 2. The Kier molecular flexibility index (Phi) is 4.56. The van der Waals surface area contributed by atoms with Gasteiger partial charge in [0, 0.05) is 30.5 Å². The van der Waals surface area contributed by atoms with E-state index < -0.39 is 10.9 Å². The first-order valence-electron chi connectivity index (χ1n) is 8.07. The van der Waals surface area contributed by atoms with Crippen LogP contribution in [0.3, 0.4) is 0 Å². The van der Waals surface area contributed by atoms with E-state index in [2.05, 4.69) is 10.2 Å². The van der Waals surface area contributed by atoms with Crippen molar-refractivity contribution in [3.05, 3.63) is 58.1 Å². The summed E-state index contributed by atoms with van der Waals surface area (Å²) in [5.74, 6) is -1.01. The van der Waals surface area contributed by atoms with Gasteiger partial charge < -0.3 is 15.3 Å². The van der Waals surface area contributed by atoms with Gasteiger partial charge in [-0.2, -0.15) is 0 Å². The molecule has 0 heterocycles. The summed E-state index contributed by atoms with van der Waals surface area (Å²) in [5.41, 5.74) is 1.94. The molecule has 1 fully saturated rings. The first-order valence-corrected chi connectivity index (χ1v) is 8.07. The molecule has 7 nitrogen and oxygen atoms in total. The summed E-state index contributed by atoms with van der Waals surface area (Å²) in [7, 11) is 1.96. The standard InChI is InChI=1S/C18H19N3O4/c1-20(14-3-2-4-14)15-9-10-16(17(11-15)21(24)25)19-13-7-5-12(6-8-13)18(22)23/h5-11,14,19H,2-4H2,1H3,(H,22,23). The molecule has 0 spiro atoms. The molecular weight excluding hydrogens is 322 g/mol. The Morgan fingerprint density at radius 3 is 2.44 bits per heavy atom. The Bertz CT molecular complexity index is 800. The number of hydrogen-bond acceptors (Lipinski definition) is 5. The van der Waals surface area contributed by atoms with E-state index in [0.717, 1.165) is 18.5 Å². The lowest BCUT2D eigenvalue weighted by molar-refractivity contribution is -0.383. The van der Waals surface area contributed by atoms with Crippen LogP contribution in [0.15, 0.2) is 42.5 Å². The number of anilines is 3. The number of nitro groups is 1. The highest BCUT2D eigenvalue weighted by Gasteiger charge is 2.24. The summed E-state index contributed by atoms with van der Waals surface area (Å²) in [6, 6.07) is 11.6. The molecule has 2 aromatic carbocycles. The number of benzene rings is 2. The summed E-state index contributed by atoms with van der Waals surface area (Å²) in [6.07, 6.45) is 3.42. The average Bonchev–Trinajstić information content (AvgIpc) is 2.53. The molecule has 2 aromatic rings. The Morgan fingerprint density at radius 1 is 1.24 bits per heavy atom. The Hall–Kier alpha value is -3.09. The fraction of sp³-hybridized carbons (Fsp3) is 0.278. The number of nitrogens with zero attached hydrogens (tertiary/aromatic N) is 2. The molecule has 0 saturated heterocycles. The lowest BCUT2D eigenvalue weighted by Crippen LogP contribution is -2.37. The normalized spacial score (nSPS) is 13.8. The largest absolute Gasteiger partial charge is 0.478 e. The van der Waals surface area contributed by atoms with Crippen LogP contribution in [0.5, 0.6) is 0 Å². The molecule has 7 heteroatoms. The molecule has 0 bridgehead atoms. The zero-order valence-electron chi connectivity index (χ0n) is 13.8. The fourth-order valence-corrected chi connectivity index (χ4v) is 2.83. The first kappa shape index (κ1) is 16.8. The van der Waals surface area contributed by atoms with Crippen molar-refractivity contribution in [3.8, 4) is 0 Å². The molecule has 25 heavy (non-hydrogen) atoms. The minimum Gasteiger partial charge on any atom is -0.478 e. The number of aromatic carboxylic acids is 1. The minimum absolute atomic E-state index is 0.00835. The molecular formula is C18H19N3O4. The van der Waals surface area contributed by atoms with Gasteiger partial charge in [-0.1, -0.05) is 0 Å². The van der Waals surface area contributed by atoms with Gasteiger partial charge in [0.05, 0.1) is 10.5 Å². The quantitative estimate of drug-likeness (QED) is 0.608. The summed E-state index contributed by atoms with van der Waals surface area (Å²) in [6.45, 7) is 0. The van der Waals surface area contributed by atoms with Gasteiger partial charge in [0.25, 0.3) is 5.69 Å².